The standard InChI is InChI=1S/C9H10N2O5S/c1-17(2,16)10-9(13)7-5-6(12)3-4-8(7)11(14)15/h3-5,12H,1-2H3. The molecule has 0 bridgehead atoms. The van der Waals surface area contributed by atoms with Crippen LogP contribution >= 0.6 is 0 Å². The zero-order valence-corrected chi connectivity index (χ0v) is 9.93. The average molecular weight is 258 g/mol. The minimum atomic E-state index is -2.71. The maximum absolute atomic E-state index is 11.6. The highest BCUT2D eigenvalue weighted by molar-refractivity contribution is 7.92. The van der Waals surface area contributed by atoms with Crippen LogP contribution in [0.3, 0.4) is 0 Å². The molecule has 0 aliphatic heterocycles. The number of nitro groups is 1. The van der Waals surface area contributed by atoms with Gasteiger partial charge in [-0.15, -0.1) is 0 Å². The highest BCUT2D eigenvalue weighted by atomic mass is 32.2. The molecule has 0 aromatic heterocycles. The molecule has 1 rings (SSSR count). The molecule has 0 radical (unpaired) electrons. The van der Waals surface area contributed by atoms with Crippen LogP contribution in [0.2, 0.25) is 0 Å². The number of nitro benzene ring substituents is 1. The van der Waals surface area contributed by atoms with Crippen LogP contribution < -0.4 is 0 Å². The van der Waals surface area contributed by atoms with Crippen molar-refractivity contribution < 1.29 is 19.0 Å². The van der Waals surface area contributed by atoms with E-state index in [1.165, 1.54) is 12.5 Å². The number of hydrogen-bond acceptors (Lipinski definition) is 5. The van der Waals surface area contributed by atoms with E-state index in [4.69, 9.17) is 0 Å². The maximum Gasteiger partial charge on any atom is 0.292 e. The van der Waals surface area contributed by atoms with E-state index in [1.807, 2.05) is 0 Å². The summed E-state index contributed by atoms with van der Waals surface area (Å²) in [4.78, 5) is 21.5. The number of phenols is 1. The van der Waals surface area contributed by atoms with E-state index in [1.54, 1.807) is 0 Å². The van der Waals surface area contributed by atoms with Crippen molar-refractivity contribution in [2.75, 3.05) is 12.5 Å². The minimum absolute atomic E-state index is 0.298. The van der Waals surface area contributed by atoms with Crippen molar-refractivity contribution in [2.45, 2.75) is 0 Å². The molecule has 1 N–H and O–H groups in total. The summed E-state index contributed by atoms with van der Waals surface area (Å²) >= 11 is 0. The summed E-state index contributed by atoms with van der Waals surface area (Å²) in [5.74, 6) is -1.28. The van der Waals surface area contributed by atoms with Gasteiger partial charge in [0.25, 0.3) is 11.6 Å². The molecule has 17 heavy (non-hydrogen) atoms. The van der Waals surface area contributed by atoms with E-state index < -0.39 is 26.2 Å². The Balaban J connectivity index is 3.40. The Kier molecular flexibility index (Phi) is 3.47. The Morgan fingerprint density at radius 1 is 1.47 bits per heavy atom. The molecule has 0 unspecified atom stereocenters. The third-order valence-corrected chi connectivity index (χ3v) is 2.32. The average Bonchev–Trinajstić information content (AvgIpc) is 2.14. The molecular weight excluding hydrogens is 248 g/mol. The number of phenolic OH excluding ortho intramolecular Hbond substituents is 1. The third-order valence-electron chi connectivity index (χ3n) is 1.71. The molecule has 0 aliphatic rings. The fourth-order valence-electron chi connectivity index (χ4n) is 1.10. The van der Waals surface area contributed by atoms with Crippen molar-refractivity contribution in [2.24, 2.45) is 4.36 Å². The van der Waals surface area contributed by atoms with Gasteiger partial charge < -0.3 is 5.11 Å². The predicted octanol–water partition coefficient (Wildman–Crippen LogP) is 1.17. The van der Waals surface area contributed by atoms with Gasteiger partial charge in [0, 0.05) is 28.3 Å². The first-order valence-electron chi connectivity index (χ1n) is 4.39. The van der Waals surface area contributed by atoms with Gasteiger partial charge in [-0.25, -0.2) is 4.21 Å². The van der Waals surface area contributed by atoms with Crippen molar-refractivity contribution in [3.8, 4) is 5.75 Å². The lowest BCUT2D eigenvalue weighted by Gasteiger charge is -2.00. The molecule has 0 heterocycles. The van der Waals surface area contributed by atoms with Gasteiger partial charge >= 0.3 is 0 Å². The Morgan fingerprint density at radius 2 is 2.06 bits per heavy atom. The van der Waals surface area contributed by atoms with Crippen LogP contribution in [0.4, 0.5) is 5.69 Å². The van der Waals surface area contributed by atoms with Crippen molar-refractivity contribution in [1.82, 2.24) is 0 Å². The Morgan fingerprint density at radius 3 is 2.53 bits per heavy atom. The predicted molar refractivity (Wildman–Crippen MR) is 61.5 cm³/mol. The zero-order valence-electron chi connectivity index (χ0n) is 9.11. The lowest BCUT2D eigenvalue weighted by molar-refractivity contribution is -0.385. The molecule has 8 heteroatoms. The second-order valence-corrected chi connectivity index (χ2v) is 6.08. The topological polar surface area (TPSA) is 110 Å². The van der Waals surface area contributed by atoms with Crippen LogP contribution in [-0.4, -0.2) is 32.7 Å². The van der Waals surface area contributed by atoms with E-state index in [0.717, 1.165) is 18.2 Å². The number of carbonyl (C=O) groups is 1. The third kappa shape index (κ3) is 3.52. The van der Waals surface area contributed by atoms with Gasteiger partial charge in [0.2, 0.25) is 0 Å². The van der Waals surface area contributed by atoms with Gasteiger partial charge in [-0.05, 0) is 12.1 Å². The summed E-state index contributed by atoms with van der Waals surface area (Å²) in [6, 6.07) is 3.00. The van der Waals surface area contributed by atoms with Crippen LogP contribution in [0.1, 0.15) is 10.4 Å². The summed E-state index contributed by atoms with van der Waals surface area (Å²) in [5.41, 5.74) is -0.869. The summed E-state index contributed by atoms with van der Waals surface area (Å²) < 4.78 is 14.7. The first-order valence-corrected chi connectivity index (χ1v) is 6.73. The maximum atomic E-state index is 11.6. The lowest BCUT2D eigenvalue weighted by atomic mass is 10.1. The zero-order chi connectivity index (χ0) is 13.2. The van der Waals surface area contributed by atoms with Gasteiger partial charge in [0.1, 0.15) is 11.3 Å². The van der Waals surface area contributed by atoms with Crippen molar-refractivity contribution in [3.63, 3.8) is 0 Å². The molecule has 1 amide bonds. The molecule has 0 atom stereocenters. The largest absolute Gasteiger partial charge is 0.508 e. The van der Waals surface area contributed by atoms with Crippen LogP contribution in [0.15, 0.2) is 22.6 Å². The monoisotopic (exact) mass is 258 g/mol. The minimum Gasteiger partial charge on any atom is -0.508 e. The number of carbonyl (C=O) groups excluding carboxylic acids is 1. The second-order valence-electron chi connectivity index (χ2n) is 3.54. The first kappa shape index (κ1) is 13.1. The molecule has 7 nitrogen and oxygen atoms in total. The quantitative estimate of drug-likeness (QED) is 0.632. The number of amides is 1. The highest BCUT2D eigenvalue weighted by Gasteiger charge is 2.20. The SMILES string of the molecule is CS(C)(=O)=NC(=O)c1cc(O)ccc1[N+](=O)[O-]. The normalized spacial score (nSPS) is 10.9. The van der Waals surface area contributed by atoms with Gasteiger partial charge in [0.05, 0.1) is 4.92 Å². The fraction of sp³-hybridized carbons (Fsp3) is 0.222. The number of nitrogens with zero attached hydrogens (tertiary/aromatic N) is 2. The lowest BCUT2D eigenvalue weighted by Crippen LogP contribution is -2.04. The van der Waals surface area contributed by atoms with Crippen molar-refractivity contribution in [3.05, 3.63) is 33.9 Å². The van der Waals surface area contributed by atoms with E-state index in [0.29, 0.717) is 0 Å². The van der Waals surface area contributed by atoms with Crippen LogP contribution in [0.5, 0.6) is 5.75 Å². The molecule has 0 spiro atoms. The fourth-order valence-corrected chi connectivity index (χ4v) is 1.60. The molecule has 0 aliphatic carbocycles. The Bertz CT molecular complexity index is 593. The molecule has 1 aromatic rings. The van der Waals surface area contributed by atoms with E-state index in [2.05, 4.69) is 4.36 Å². The van der Waals surface area contributed by atoms with E-state index in [9.17, 15) is 24.2 Å². The molecule has 0 fully saturated rings. The van der Waals surface area contributed by atoms with Gasteiger partial charge in [0.15, 0.2) is 0 Å². The van der Waals surface area contributed by atoms with Gasteiger partial charge in [-0.2, -0.15) is 4.36 Å². The van der Waals surface area contributed by atoms with Crippen LogP contribution in [0.25, 0.3) is 0 Å². The van der Waals surface area contributed by atoms with Crippen molar-refractivity contribution in [1.29, 1.82) is 0 Å². The smallest absolute Gasteiger partial charge is 0.292 e. The molecule has 92 valence electrons. The summed E-state index contributed by atoms with van der Waals surface area (Å²) in [6.45, 7) is 0. The first-order chi connectivity index (χ1) is 7.70. The molecule has 1 aromatic carbocycles. The Hall–Kier alpha value is -1.96. The van der Waals surface area contributed by atoms with Gasteiger partial charge in [-0.3, -0.25) is 14.9 Å². The number of aromatic hydroxyl groups is 1. The van der Waals surface area contributed by atoms with Crippen LogP contribution in [-0.2, 0) is 9.73 Å². The van der Waals surface area contributed by atoms with Gasteiger partial charge in [-0.1, -0.05) is 0 Å². The van der Waals surface area contributed by atoms with Crippen molar-refractivity contribution >= 4 is 21.3 Å². The molecule has 0 saturated carbocycles. The number of hydrogen-bond donors (Lipinski definition) is 1. The Labute approximate surface area is 97.4 Å². The van der Waals surface area contributed by atoms with E-state index in [-0.39, 0.29) is 11.3 Å². The molecular formula is C9H10N2O5S. The number of rotatable bonds is 2. The molecule has 0 saturated heterocycles. The van der Waals surface area contributed by atoms with E-state index >= 15 is 0 Å². The van der Waals surface area contributed by atoms with Crippen LogP contribution in [0, 0.1) is 10.1 Å². The summed E-state index contributed by atoms with van der Waals surface area (Å²) in [5, 5.41) is 19.8. The second kappa shape index (κ2) is 4.50. The number of benzene rings is 1. The summed E-state index contributed by atoms with van der Waals surface area (Å²) in [7, 11) is -2.71. The highest BCUT2D eigenvalue weighted by Crippen LogP contribution is 2.24. The summed E-state index contributed by atoms with van der Waals surface area (Å²) in [6.07, 6.45) is 2.47.